The van der Waals surface area contributed by atoms with Gasteiger partial charge < -0.3 is 9.80 Å². The summed E-state index contributed by atoms with van der Waals surface area (Å²) in [6.45, 7) is 8.83. The van der Waals surface area contributed by atoms with E-state index in [0.29, 0.717) is 35.3 Å². The van der Waals surface area contributed by atoms with Gasteiger partial charge in [-0.3, -0.25) is 29.0 Å². The number of benzene rings is 5. The summed E-state index contributed by atoms with van der Waals surface area (Å²) in [5, 5.41) is 7.42. The third-order valence-electron chi connectivity index (χ3n) is 13.3. The molecule has 5 aromatic rings. The molecule has 0 atom stereocenters. The highest BCUT2D eigenvalue weighted by atomic mass is 16.2. The standard InChI is InChI=1S/C48H56N4O4/c1-3-5-7-9-11-13-27-51-45(53)33-21-19-31-42-38(50-25-17-18-26-50)30-36-40-34(46(54)52(48(36)56)28-14-12-10-8-6-4-2)22-20-32(44(40)42)41-37(49-23-15-16-24-49)29-35(47(51)55)39(33)43(31)41/h19-22,29-30H,3-18,23-28H2,1-2H3. The van der Waals surface area contributed by atoms with Gasteiger partial charge in [-0.25, -0.2) is 0 Å². The van der Waals surface area contributed by atoms with Crippen LogP contribution in [-0.4, -0.2) is 72.7 Å². The van der Waals surface area contributed by atoms with E-state index < -0.39 is 0 Å². The molecule has 0 aliphatic carbocycles. The first-order valence-electron chi connectivity index (χ1n) is 21.9. The number of nitrogens with zero attached hydrogens (tertiary/aromatic N) is 4. The van der Waals surface area contributed by atoms with E-state index in [2.05, 4.69) is 47.9 Å². The Morgan fingerprint density at radius 2 is 0.768 bits per heavy atom. The minimum Gasteiger partial charge on any atom is -0.371 e. The lowest BCUT2D eigenvalue weighted by Crippen LogP contribution is -2.41. The second-order valence-corrected chi connectivity index (χ2v) is 16.9. The first-order valence-corrected chi connectivity index (χ1v) is 21.9. The zero-order valence-electron chi connectivity index (χ0n) is 33.4. The highest BCUT2D eigenvalue weighted by Gasteiger charge is 2.39. The molecule has 2 fully saturated rings. The Morgan fingerprint density at radius 3 is 1.16 bits per heavy atom. The van der Waals surface area contributed by atoms with Gasteiger partial charge in [0.25, 0.3) is 23.6 Å². The van der Waals surface area contributed by atoms with Crippen LogP contribution in [0.3, 0.4) is 0 Å². The molecule has 4 heterocycles. The molecule has 9 rings (SSSR count). The number of anilines is 2. The highest BCUT2D eigenvalue weighted by molar-refractivity contribution is 6.44. The summed E-state index contributed by atoms with van der Waals surface area (Å²) >= 11 is 0. The van der Waals surface area contributed by atoms with Gasteiger partial charge in [0, 0.05) is 94.1 Å². The molecule has 0 N–H and O–H groups in total. The Morgan fingerprint density at radius 1 is 0.411 bits per heavy atom. The number of hydrogen-bond donors (Lipinski definition) is 0. The number of hydrogen-bond acceptors (Lipinski definition) is 6. The zero-order chi connectivity index (χ0) is 38.5. The lowest BCUT2D eigenvalue weighted by molar-refractivity contribution is 0.0592. The molecule has 4 aliphatic heterocycles. The molecule has 0 aromatic heterocycles. The molecule has 4 aliphatic rings. The molecule has 56 heavy (non-hydrogen) atoms. The van der Waals surface area contributed by atoms with Crippen molar-refractivity contribution in [3.05, 3.63) is 58.7 Å². The van der Waals surface area contributed by atoms with E-state index in [0.717, 1.165) is 145 Å². The summed E-state index contributed by atoms with van der Waals surface area (Å²) in [4.78, 5) is 65.6. The number of rotatable bonds is 16. The van der Waals surface area contributed by atoms with Crippen molar-refractivity contribution in [3.8, 4) is 0 Å². The van der Waals surface area contributed by atoms with Crippen LogP contribution in [-0.2, 0) is 0 Å². The van der Waals surface area contributed by atoms with E-state index in [4.69, 9.17) is 0 Å². The fourth-order valence-corrected chi connectivity index (χ4v) is 10.4. The van der Waals surface area contributed by atoms with Gasteiger partial charge in [0.2, 0.25) is 0 Å². The van der Waals surface area contributed by atoms with Gasteiger partial charge in [-0.1, -0.05) is 90.2 Å². The topological polar surface area (TPSA) is 81.2 Å². The quantitative estimate of drug-likeness (QED) is 0.0432. The smallest absolute Gasteiger partial charge is 0.261 e. The number of unbranched alkanes of at least 4 members (excludes halogenated alkanes) is 10. The van der Waals surface area contributed by atoms with Crippen molar-refractivity contribution in [1.29, 1.82) is 0 Å². The summed E-state index contributed by atoms with van der Waals surface area (Å²) in [6.07, 6.45) is 17.3. The summed E-state index contributed by atoms with van der Waals surface area (Å²) in [5.41, 5.74) is 4.42. The molecule has 4 amide bonds. The number of amides is 4. The van der Waals surface area contributed by atoms with Gasteiger partial charge in [0.1, 0.15) is 0 Å². The first kappa shape index (κ1) is 36.9. The normalized spacial score (nSPS) is 17.2. The molecule has 2 saturated heterocycles. The van der Waals surface area contributed by atoms with Gasteiger partial charge in [0.05, 0.1) is 11.1 Å². The highest BCUT2D eigenvalue weighted by Crippen LogP contribution is 2.52. The minimum atomic E-state index is -0.208. The Bertz CT molecular complexity index is 2200. The van der Waals surface area contributed by atoms with Gasteiger partial charge >= 0.3 is 0 Å². The van der Waals surface area contributed by atoms with Crippen molar-refractivity contribution in [2.75, 3.05) is 49.1 Å². The Hall–Kier alpha value is -4.72. The van der Waals surface area contributed by atoms with Crippen LogP contribution in [0.25, 0.3) is 43.1 Å². The van der Waals surface area contributed by atoms with Crippen molar-refractivity contribution < 1.29 is 19.2 Å². The largest absolute Gasteiger partial charge is 0.371 e. The summed E-state index contributed by atoms with van der Waals surface area (Å²) in [7, 11) is 0. The Kier molecular flexibility index (Phi) is 10.1. The van der Waals surface area contributed by atoms with Crippen molar-refractivity contribution >= 4 is 78.1 Å². The second kappa shape index (κ2) is 15.3. The van der Waals surface area contributed by atoms with Crippen LogP contribution < -0.4 is 9.80 Å². The van der Waals surface area contributed by atoms with E-state index in [9.17, 15) is 19.2 Å². The number of imide groups is 2. The third kappa shape index (κ3) is 5.92. The third-order valence-corrected chi connectivity index (χ3v) is 13.3. The van der Waals surface area contributed by atoms with Gasteiger partial charge in [0.15, 0.2) is 0 Å². The van der Waals surface area contributed by atoms with E-state index in [-0.39, 0.29) is 23.6 Å². The van der Waals surface area contributed by atoms with Crippen molar-refractivity contribution in [1.82, 2.24) is 9.80 Å². The van der Waals surface area contributed by atoms with Gasteiger partial charge in [-0.15, -0.1) is 0 Å². The fraction of sp³-hybridized carbons (Fsp3) is 0.500. The van der Waals surface area contributed by atoms with Crippen LogP contribution in [0.4, 0.5) is 11.4 Å². The molecule has 0 bridgehead atoms. The molecular weight excluding hydrogens is 697 g/mol. The van der Waals surface area contributed by atoms with Crippen molar-refractivity contribution in [2.45, 2.75) is 117 Å². The summed E-state index contributed by atoms with van der Waals surface area (Å²) < 4.78 is 0. The monoisotopic (exact) mass is 752 g/mol. The maximum Gasteiger partial charge on any atom is 0.261 e. The Balaban J connectivity index is 1.25. The SMILES string of the molecule is CCCCCCCCN1C(=O)c2ccc3c4c(N5CCCC5)cc5c6c(ccc(c7c(N8CCCC8)cc(c2c37)C1=O)c64)C(=O)N(CCCCCCCC)C5=O. The molecule has 0 unspecified atom stereocenters. The van der Waals surface area contributed by atoms with Crippen LogP contribution in [0.5, 0.6) is 0 Å². The van der Waals surface area contributed by atoms with Crippen LogP contribution >= 0.6 is 0 Å². The van der Waals surface area contributed by atoms with E-state index in [1.54, 1.807) is 0 Å². The van der Waals surface area contributed by atoms with E-state index >= 15 is 0 Å². The molecule has 0 spiro atoms. The average Bonchev–Trinajstić information content (AvgIpc) is 3.96. The first-order chi connectivity index (χ1) is 27.4. The molecule has 8 nitrogen and oxygen atoms in total. The van der Waals surface area contributed by atoms with E-state index in [1.165, 1.54) is 48.3 Å². The second-order valence-electron chi connectivity index (χ2n) is 16.9. The van der Waals surface area contributed by atoms with Gasteiger partial charge in [-0.05, 0) is 73.6 Å². The molecule has 0 saturated carbocycles. The van der Waals surface area contributed by atoms with Crippen molar-refractivity contribution in [3.63, 3.8) is 0 Å². The van der Waals surface area contributed by atoms with Crippen LogP contribution in [0.1, 0.15) is 158 Å². The van der Waals surface area contributed by atoms with Crippen LogP contribution in [0.15, 0.2) is 36.4 Å². The molecule has 0 radical (unpaired) electrons. The maximum absolute atomic E-state index is 14.6. The summed E-state index contributed by atoms with van der Waals surface area (Å²) in [5.74, 6) is -0.810. The lowest BCUT2D eigenvalue weighted by Gasteiger charge is -2.33. The fourth-order valence-electron chi connectivity index (χ4n) is 10.4. The molecule has 8 heteroatoms. The minimum absolute atomic E-state index is 0.197. The molecular formula is C48H56N4O4. The maximum atomic E-state index is 14.6. The number of fused-ring (bicyclic) bond motifs is 2. The Labute approximate surface area is 330 Å². The lowest BCUT2D eigenvalue weighted by atomic mass is 9.80. The van der Waals surface area contributed by atoms with E-state index in [1.807, 2.05) is 12.1 Å². The number of carbonyl (C=O) groups is 4. The van der Waals surface area contributed by atoms with Crippen LogP contribution in [0.2, 0.25) is 0 Å². The average molecular weight is 753 g/mol. The summed E-state index contributed by atoms with van der Waals surface area (Å²) in [6, 6.07) is 12.2. The molecule has 292 valence electrons. The van der Waals surface area contributed by atoms with Crippen LogP contribution in [0, 0.1) is 0 Å². The number of carbonyl (C=O) groups excluding carboxylic acids is 4. The van der Waals surface area contributed by atoms with Crippen molar-refractivity contribution in [2.24, 2.45) is 0 Å². The predicted molar refractivity (Wildman–Crippen MR) is 228 cm³/mol. The predicted octanol–water partition coefficient (Wildman–Crippen LogP) is 10.9. The van der Waals surface area contributed by atoms with Gasteiger partial charge in [-0.2, -0.15) is 0 Å². The zero-order valence-corrected chi connectivity index (χ0v) is 33.4. The molecule has 5 aromatic carbocycles.